The maximum atomic E-state index is 12.6. The first-order chi connectivity index (χ1) is 17.3. The molecule has 196 valence electrons. The summed E-state index contributed by atoms with van der Waals surface area (Å²) in [5.41, 5.74) is 4.19. The van der Waals surface area contributed by atoms with Crippen molar-refractivity contribution in [2.45, 2.75) is 46.3 Å². The van der Waals surface area contributed by atoms with Crippen molar-refractivity contribution in [3.63, 3.8) is 0 Å². The van der Waals surface area contributed by atoms with E-state index in [0.717, 1.165) is 43.2 Å². The summed E-state index contributed by atoms with van der Waals surface area (Å²) in [4.78, 5) is 17.4. The second kappa shape index (κ2) is 12.3. The summed E-state index contributed by atoms with van der Waals surface area (Å²) < 4.78 is 25.6. The van der Waals surface area contributed by atoms with Gasteiger partial charge in [-0.1, -0.05) is 43.3 Å². The van der Waals surface area contributed by atoms with Crippen LogP contribution in [0.2, 0.25) is 0 Å². The number of piperidine rings is 1. The van der Waals surface area contributed by atoms with Gasteiger partial charge in [0, 0.05) is 57.9 Å². The zero-order valence-electron chi connectivity index (χ0n) is 21.7. The van der Waals surface area contributed by atoms with Gasteiger partial charge in [0.15, 0.2) is 0 Å². The van der Waals surface area contributed by atoms with Crippen LogP contribution in [-0.2, 0) is 29.7 Å². The minimum Gasteiger partial charge on any atom is -0.348 e. The van der Waals surface area contributed by atoms with Crippen molar-refractivity contribution >= 4 is 15.9 Å². The fourth-order valence-electron chi connectivity index (χ4n) is 5.10. The molecule has 1 unspecified atom stereocenters. The molecular formula is C28H40N4O3S. The van der Waals surface area contributed by atoms with E-state index < -0.39 is 10.0 Å². The number of rotatable bonds is 9. The lowest BCUT2D eigenvalue weighted by Gasteiger charge is -2.33. The van der Waals surface area contributed by atoms with Gasteiger partial charge in [-0.05, 0) is 61.1 Å². The zero-order chi connectivity index (χ0) is 25.5. The number of hydrogen-bond acceptors (Lipinski definition) is 5. The average Bonchev–Trinajstić information content (AvgIpc) is 2.89. The lowest BCUT2D eigenvalue weighted by atomic mass is 9.99. The Labute approximate surface area is 216 Å². The summed E-state index contributed by atoms with van der Waals surface area (Å²) in [5.74, 6) is 0.857. The van der Waals surface area contributed by atoms with Gasteiger partial charge in [0.1, 0.15) is 0 Å². The Hall–Kier alpha value is -2.26. The number of nitrogens with one attached hydrogen (secondary N) is 1. The average molecular weight is 513 g/mol. The van der Waals surface area contributed by atoms with Crippen LogP contribution in [0.25, 0.3) is 0 Å². The number of carbonyl (C=O) groups excluding carboxylic acids is 1. The molecule has 2 saturated heterocycles. The highest BCUT2D eigenvalue weighted by atomic mass is 32.2. The minimum atomic E-state index is -3.11. The Morgan fingerprint density at radius 1 is 0.861 bits per heavy atom. The largest absolute Gasteiger partial charge is 0.348 e. The van der Waals surface area contributed by atoms with E-state index in [2.05, 4.69) is 46.3 Å². The molecule has 0 aromatic heterocycles. The third kappa shape index (κ3) is 7.38. The second-order valence-corrected chi connectivity index (χ2v) is 12.5. The Morgan fingerprint density at radius 3 is 2.06 bits per heavy atom. The summed E-state index contributed by atoms with van der Waals surface area (Å²) in [6.45, 7) is 11.1. The van der Waals surface area contributed by atoms with Crippen LogP contribution in [0.3, 0.4) is 0 Å². The molecule has 0 radical (unpaired) electrons. The SMILES string of the molecule is CCS(=O)(=O)N1CCN(Cc2ccc(C(=O)NCc3ccc(CN4CCCC(C)C4)cc3)cc2)CC1. The molecule has 1 N–H and O–H groups in total. The summed E-state index contributed by atoms with van der Waals surface area (Å²) in [7, 11) is -3.11. The van der Waals surface area contributed by atoms with Gasteiger partial charge < -0.3 is 5.32 Å². The van der Waals surface area contributed by atoms with Crippen molar-refractivity contribution in [3.05, 3.63) is 70.8 Å². The molecule has 4 rings (SSSR count). The number of benzene rings is 2. The third-order valence-corrected chi connectivity index (χ3v) is 9.22. The van der Waals surface area contributed by atoms with Gasteiger partial charge in [0.2, 0.25) is 10.0 Å². The van der Waals surface area contributed by atoms with Gasteiger partial charge in [0.25, 0.3) is 5.91 Å². The molecule has 0 aliphatic carbocycles. The molecule has 2 aliphatic heterocycles. The van der Waals surface area contributed by atoms with Crippen molar-refractivity contribution in [3.8, 4) is 0 Å². The number of piperazine rings is 1. The Bertz CT molecular complexity index is 1090. The monoisotopic (exact) mass is 512 g/mol. The number of likely N-dealkylation sites (tertiary alicyclic amines) is 1. The zero-order valence-corrected chi connectivity index (χ0v) is 22.5. The van der Waals surface area contributed by atoms with Crippen LogP contribution in [0.15, 0.2) is 48.5 Å². The number of hydrogen-bond donors (Lipinski definition) is 1. The number of amides is 1. The highest BCUT2D eigenvalue weighted by molar-refractivity contribution is 7.89. The Kier molecular flexibility index (Phi) is 9.17. The topological polar surface area (TPSA) is 73.0 Å². The number of carbonyl (C=O) groups is 1. The first-order valence-electron chi connectivity index (χ1n) is 13.2. The van der Waals surface area contributed by atoms with E-state index in [-0.39, 0.29) is 11.7 Å². The Morgan fingerprint density at radius 2 is 1.44 bits per heavy atom. The van der Waals surface area contributed by atoms with Crippen LogP contribution in [0.5, 0.6) is 0 Å². The van der Waals surface area contributed by atoms with Crippen LogP contribution in [0, 0.1) is 5.92 Å². The first-order valence-corrected chi connectivity index (χ1v) is 14.8. The lowest BCUT2D eigenvalue weighted by molar-refractivity contribution is 0.0951. The van der Waals surface area contributed by atoms with E-state index in [1.807, 2.05) is 24.3 Å². The van der Waals surface area contributed by atoms with Gasteiger partial charge in [-0.2, -0.15) is 4.31 Å². The van der Waals surface area contributed by atoms with E-state index in [1.165, 1.54) is 31.5 Å². The normalized spacial score (nSPS) is 20.3. The van der Waals surface area contributed by atoms with Crippen LogP contribution < -0.4 is 5.32 Å². The van der Waals surface area contributed by atoms with Crippen LogP contribution in [-0.4, -0.2) is 73.5 Å². The van der Waals surface area contributed by atoms with E-state index >= 15 is 0 Å². The molecule has 7 nitrogen and oxygen atoms in total. The standard InChI is InChI=1S/C28H40N4O3S/c1-3-36(34,35)32-17-15-30(16-18-32)21-26-10-12-27(13-11-26)28(33)29-19-24-6-8-25(9-7-24)22-31-14-4-5-23(2)20-31/h6-13,23H,3-5,14-22H2,1-2H3,(H,29,33). The van der Waals surface area contributed by atoms with Gasteiger partial charge in [-0.15, -0.1) is 0 Å². The second-order valence-electron chi connectivity index (χ2n) is 10.3. The molecule has 2 fully saturated rings. The molecular weight excluding hydrogens is 472 g/mol. The highest BCUT2D eigenvalue weighted by Gasteiger charge is 2.25. The predicted octanol–water partition coefficient (Wildman–Crippen LogP) is 3.32. The van der Waals surface area contributed by atoms with E-state index in [0.29, 0.717) is 25.2 Å². The van der Waals surface area contributed by atoms with Gasteiger partial charge in [-0.3, -0.25) is 14.6 Å². The summed E-state index contributed by atoms with van der Waals surface area (Å²) in [6.07, 6.45) is 2.62. The van der Waals surface area contributed by atoms with Gasteiger partial charge >= 0.3 is 0 Å². The molecule has 0 saturated carbocycles. The lowest BCUT2D eigenvalue weighted by Crippen LogP contribution is -2.48. The molecule has 36 heavy (non-hydrogen) atoms. The maximum Gasteiger partial charge on any atom is 0.251 e. The first kappa shape index (κ1) is 26.8. The molecule has 2 aliphatic rings. The number of sulfonamides is 1. The molecule has 0 spiro atoms. The summed E-state index contributed by atoms with van der Waals surface area (Å²) in [6, 6.07) is 16.3. The van der Waals surface area contributed by atoms with Crippen molar-refractivity contribution in [1.82, 2.24) is 19.4 Å². The predicted molar refractivity (Wildman–Crippen MR) is 144 cm³/mol. The van der Waals surface area contributed by atoms with Crippen molar-refractivity contribution in [2.75, 3.05) is 45.0 Å². The smallest absolute Gasteiger partial charge is 0.251 e. The molecule has 2 aromatic carbocycles. The Balaban J connectivity index is 1.21. The molecule has 8 heteroatoms. The van der Waals surface area contributed by atoms with E-state index in [4.69, 9.17) is 0 Å². The minimum absolute atomic E-state index is 0.0775. The van der Waals surface area contributed by atoms with Crippen LogP contribution in [0.1, 0.15) is 53.7 Å². The molecule has 2 heterocycles. The maximum absolute atomic E-state index is 12.6. The quantitative estimate of drug-likeness (QED) is 0.558. The van der Waals surface area contributed by atoms with E-state index in [1.54, 1.807) is 11.2 Å². The summed E-state index contributed by atoms with van der Waals surface area (Å²) >= 11 is 0. The van der Waals surface area contributed by atoms with Crippen molar-refractivity contribution < 1.29 is 13.2 Å². The van der Waals surface area contributed by atoms with E-state index in [9.17, 15) is 13.2 Å². The fourth-order valence-corrected chi connectivity index (χ4v) is 6.19. The highest BCUT2D eigenvalue weighted by Crippen LogP contribution is 2.18. The fraction of sp³-hybridized carbons (Fsp3) is 0.536. The van der Waals surface area contributed by atoms with Crippen molar-refractivity contribution in [2.24, 2.45) is 5.92 Å². The summed E-state index contributed by atoms with van der Waals surface area (Å²) in [5, 5.41) is 3.03. The van der Waals surface area contributed by atoms with Crippen LogP contribution >= 0.6 is 0 Å². The van der Waals surface area contributed by atoms with Gasteiger partial charge in [-0.25, -0.2) is 8.42 Å². The van der Waals surface area contributed by atoms with Crippen molar-refractivity contribution in [1.29, 1.82) is 0 Å². The molecule has 1 atom stereocenters. The molecule has 2 aromatic rings. The van der Waals surface area contributed by atoms with Gasteiger partial charge in [0.05, 0.1) is 5.75 Å². The molecule has 1 amide bonds. The third-order valence-electron chi connectivity index (χ3n) is 7.34. The molecule has 0 bridgehead atoms. The van der Waals surface area contributed by atoms with Crippen LogP contribution in [0.4, 0.5) is 0 Å². The number of nitrogens with zero attached hydrogens (tertiary/aromatic N) is 3.